The molecule has 3 heterocycles. The van der Waals surface area contributed by atoms with Gasteiger partial charge in [0.1, 0.15) is 5.75 Å². The van der Waals surface area contributed by atoms with E-state index in [4.69, 9.17) is 4.74 Å². The third kappa shape index (κ3) is 3.40. The predicted molar refractivity (Wildman–Crippen MR) is 212 cm³/mol. The molecule has 52 heavy (non-hydrogen) atoms. The number of fused-ring (bicyclic) bond motifs is 16. The fourth-order valence-electron chi connectivity index (χ4n) is 9.58. The number of aromatic nitrogens is 2. The first-order chi connectivity index (χ1) is 25.8. The zero-order chi connectivity index (χ0) is 34.0. The van der Waals surface area contributed by atoms with Crippen molar-refractivity contribution in [2.75, 3.05) is 0 Å². The van der Waals surface area contributed by atoms with Gasteiger partial charge in [-0.1, -0.05) is 133 Å². The van der Waals surface area contributed by atoms with E-state index in [1.807, 2.05) is 0 Å². The Kier molecular flexibility index (Phi) is 5.43. The number of hydrogen-bond donors (Lipinski definition) is 0. The molecule has 0 radical (unpaired) electrons. The van der Waals surface area contributed by atoms with Crippen molar-refractivity contribution in [3.05, 3.63) is 204 Å². The lowest BCUT2D eigenvalue weighted by atomic mass is 9.66. The number of para-hydroxylation sites is 4. The van der Waals surface area contributed by atoms with Crippen LogP contribution in [0.25, 0.3) is 66.1 Å². The van der Waals surface area contributed by atoms with E-state index in [-0.39, 0.29) is 0 Å². The zero-order valence-corrected chi connectivity index (χ0v) is 28.1. The van der Waals surface area contributed by atoms with Gasteiger partial charge in [-0.2, -0.15) is 0 Å². The van der Waals surface area contributed by atoms with Crippen molar-refractivity contribution in [2.24, 2.45) is 0 Å². The van der Waals surface area contributed by atoms with E-state index >= 15 is 0 Å². The van der Waals surface area contributed by atoms with Gasteiger partial charge in [0.25, 0.3) is 0 Å². The van der Waals surface area contributed by atoms with Crippen molar-refractivity contribution < 1.29 is 4.74 Å². The summed E-state index contributed by atoms with van der Waals surface area (Å²) in [6.07, 6.45) is 0. The average Bonchev–Trinajstić information content (AvgIpc) is 3.83. The summed E-state index contributed by atoms with van der Waals surface area (Å²) in [5.74, 6) is 1.80. The van der Waals surface area contributed by atoms with Crippen molar-refractivity contribution in [2.45, 2.75) is 5.41 Å². The highest BCUT2D eigenvalue weighted by atomic mass is 16.5. The van der Waals surface area contributed by atoms with E-state index in [0.29, 0.717) is 0 Å². The van der Waals surface area contributed by atoms with Gasteiger partial charge < -0.3 is 13.9 Å². The Morgan fingerprint density at radius 3 is 1.42 bits per heavy atom. The minimum absolute atomic E-state index is 0.521. The molecule has 0 saturated heterocycles. The maximum Gasteiger partial charge on any atom is 0.156 e. The molecule has 8 aromatic carbocycles. The summed E-state index contributed by atoms with van der Waals surface area (Å²) in [6, 6.07) is 66.3. The molecule has 0 atom stereocenters. The summed E-state index contributed by atoms with van der Waals surface area (Å²) < 4.78 is 11.9. The minimum Gasteiger partial charge on any atom is -0.454 e. The van der Waals surface area contributed by atoms with Crippen molar-refractivity contribution in [1.82, 2.24) is 9.13 Å². The number of hydrogen-bond acceptors (Lipinski definition) is 1. The molecule has 0 saturated carbocycles. The second kappa shape index (κ2) is 10.1. The van der Waals surface area contributed by atoms with Crippen LogP contribution in [0.3, 0.4) is 0 Å². The molecule has 0 unspecified atom stereocenters. The van der Waals surface area contributed by atoms with Gasteiger partial charge in [-0.25, -0.2) is 0 Å². The fraction of sp³-hybridized carbons (Fsp3) is 0.0204. The fourth-order valence-corrected chi connectivity index (χ4v) is 9.58. The van der Waals surface area contributed by atoms with Crippen LogP contribution in [0.4, 0.5) is 0 Å². The third-order valence-corrected chi connectivity index (χ3v) is 11.6. The number of ether oxygens (including phenoxy) is 1. The van der Waals surface area contributed by atoms with E-state index in [0.717, 1.165) is 33.9 Å². The Morgan fingerprint density at radius 1 is 0.346 bits per heavy atom. The average molecular weight is 663 g/mol. The second-order valence-electron chi connectivity index (χ2n) is 14.0. The van der Waals surface area contributed by atoms with E-state index < -0.39 is 5.41 Å². The van der Waals surface area contributed by atoms with Crippen LogP contribution < -0.4 is 4.74 Å². The molecule has 10 aromatic rings. The van der Waals surface area contributed by atoms with Crippen LogP contribution in [-0.4, -0.2) is 9.13 Å². The first-order valence-electron chi connectivity index (χ1n) is 17.9. The molecular formula is C49H30N2O. The molecule has 0 N–H and O–H groups in total. The molecule has 1 aliphatic heterocycles. The number of rotatable bonds is 2. The largest absolute Gasteiger partial charge is 0.454 e. The summed E-state index contributed by atoms with van der Waals surface area (Å²) in [5.41, 5.74) is 13.8. The number of benzene rings is 8. The summed E-state index contributed by atoms with van der Waals surface area (Å²) in [7, 11) is 0. The SMILES string of the molecule is c1ccc2c(c1)Oc1c(ccc3c4ccccc4n(-c4ccc(-n5c6ccccc6c6ccccc65)cc4)c13)C21c2ccccc2-c2ccccc21. The maximum absolute atomic E-state index is 7.15. The lowest BCUT2D eigenvalue weighted by molar-refractivity contribution is 0.440. The first kappa shape index (κ1) is 27.9. The van der Waals surface area contributed by atoms with Crippen LogP contribution in [0.15, 0.2) is 182 Å². The molecule has 0 amide bonds. The van der Waals surface area contributed by atoms with Gasteiger partial charge in [-0.15, -0.1) is 0 Å². The second-order valence-corrected chi connectivity index (χ2v) is 14.0. The lowest BCUT2D eigenvalue weighted by Crippen LogP contribution is -2.32. The summed E-state index contributed by atoms with van der Waals surface area (Å²) >= 11 is 0. The highest BCUT2D eigenvalue weighted by molar-refractivity contribution is 6.13. The van der Waals surface area contributed by atoms with Crippen LogP contribution in [0.1, 0.15) is 22.3 Å². The zero-order valence-electron chi connectivity index (χ0n) is 28.1. The van der Waals surface area contributed by atoms with Gasteiger partial charge in [0.15, 0.2) is 5.75 Å². The molecule has 0 fully saturated rings. The molecule has 3 heteroatoms. The van der Waals surface area contributed by atoms with Gasteiger partial charge in [0.2, 0.25) is 0 Å². The Hall–Kier alpha value is -6.84. The van der Waals surface area contributed by atoms with Gasteiger partial charge >= 0.3 is 0 Å². The third-order valence-electron chi connectivity index (χ3n) is 11.6. The monoisotopic (exact) mass is 662 g/mol. The van der Waals surface area contributed by atoms with E-state index in [1.165, 1.54) is 66.0 Å². The topological polar surface area (TPSA) is 19.1 Å². The Bertz CT molecular complexity index is 3010. The van der Waals surface area contributed by atoms with Crippen LogP contribution in [0.2, 0.25) is 0 Å². The van der Waals surface area contributed by atoms with Gasteiger partial charge in [-0.3, -0.25) is 0 Å². The quantitative estimate of drug-likeness (QED) is 0.180. The smallest absolute Gasteiger partial charge is 0.156 e. The molecule has 3 nitrogen and oxygen atoms in total. The van der Waals surface area contributed by atoms with Crippen molar-refractivity contribution in [3.8, 4) is 34.0 Å². The van der Waals surface area contributed by atoms with Crippen molar-refractivity contribution in [3.63, 3.8) is 0 Å². The van der Waals surface area contributed by atoms with Gasteiger partial charge in [-0.05, 0) is 70.8 Å². The van der Waals surface area contributed by atoms with E-state index in [2.05, 4.69) is 191 Å². The minimum atomic E-state index is -0.521. The lowest BCUT2D eigenvalue weighted by Gasteiger charge is -2.39. The molecule has 1 spiro atoms. The van der Waals surface area contributed by atoms with E-state index in [9.17, 15) is 0 Å². The molecule has 1 aliphatic carbocycles. The van der Waals surface area contributed by atoms with Gasteiger partial charge in [0.05, 0.1) is 27.5 Å². The molecule has 0 bridgehead atoms. The normalized spacial score (nSPS) is 13.7. The summed E-state index contributed by atoms with van der Waals surface area (Å²) in [4.78, 5) is 0. The van der Waals surface area contributed by atoms with Crippen molar-refractivity contribution >= 4 is 43.6 Å². The standard InChI is InChI=1S/C49H30N2O/c1-6-18-39-33(13-1)34-14-2-7-19-40(34)49(39)41-20-8-12-24-46(41)52-48-42(49)30-29-38-37-17-5-11-23-45(37)51(47(38)48)32-27-25-31(26-28-32)50-43-21-9-3-15-35(43)36-16-4-10-22-44(36)50/h1-30H. The highest BCUT2D eigenvalue weighted by Gasteiger charge is 2.51. The Labute approximate surface area is 300 Å². The van der Waals surface area contributed by atoms with Crippen LogP contribution in [0.5, 0.6) is 11.5 Å². The van der Waals surface area contributed by atoms with Crippen LogP contribution in [0, 0.1) is 0 Å². The van der Waals surface area contributed by atoms with Crippen molar-refractivity contribution in [1.29, 1.82) is 0 Å². The molecular weight excluding hydrogens is 633 g/mol. The highest BCUT2D eigenvalue weighted by Crippen LogP contribution is 2.63. The van der Waals surface area contributed by atoms with Crippen LogP contribution >= 0.6 is 0 Å². The first-order valence-corrected chi connectivity index (χ1v) is 17.9. The Morgan fingerprint density at radius 2 is 0.808 bits per heavy atom. The molecule has 12 rings (SSSR count). The predicted octanol–water partition coefficient (Wildman–Crippen LogP) is 12.3. The van der Waals surface area contributed by atoms with Crippen LogP contribution in [-0.2, 0) is 5.41 Å². The number of nitrogens with zero attached hydrogens (tertiary/aromatic N) is 2. The molecule has 2 aromatic heterocycles. The maximum atomic E-state index is 7.15. The Balaban J connectivity index is 1.15. The molecule has 242 valence electrons. The van der Waals surface area contributed by atoms with E-state index in [1.54, 1.807) is 0 Å². The van der Waals surface area contributed by atoms with Gasteiger partial charge in [0, 0.05) is 44.0 Å². The summed E-state index contributed by atoms with van der Waals surface area (Å²) in [5, 5.41) is 4.90. The molecule has 2 aliphatic rings. The summed E-state index contributed by atoms with van der Waals surface area (Å²) in [6.45, 7) is 0.